The Hall–Kier alpha value is -3.75. The topological polar surface area (TPSA) is 87.7 Å². The van der Waals surface area contributed by atoms with Crippen molar-refractivity contribution in [3.8, 4) is 11.5 Å². The third-order valence-corrected chi connectivity index (χ3v) is 5.04. The van der Waals surface area contributed by atoms with E-state index in [0.717, 1.165) is 6.42 Å². The first-order valence-corrected chi connectivity index (χ1v) is 9.79. The number of nitrogens with zero attached hydrogens (tertiary/aromatic N) is 4. The van der Waals surface area contributed by atoms with Gasteiger partial charge in [-0.05, 0) is 36.8 Å². The molecular weight excluding hydrogens is 403 g/mol. The Morgan fingerprint density at radius 1 is 1.10 bits per heavy atom. The van der Waals surface area contributed by atoms with Gasteiger partial charge in [0.05, 0.1) is 26.3 Å². The highest BCUT2D eigenvalue weighted by molar-refractivity contribution is 5.98. The summed E-state index contributed by atoms with van der Waals surface area (Å²) in [4.78, 5) is 30.7. The predicted molar refractivity (Wildman–Crippen MR) is 113 cm³/mol. The number of hydrogen-bond donors (Lipinski definition) is 0. The first-order chi connectivity index (χ1) is 15.0. The smallest absolute Gasteiger partial charge is 0.351 e. The van der Waals surface area contributed by atoms with E-state index in [-0.39, 0.29) is 12.3 Å². The number of rotatable bonds is 7. The first-order valence-electron chi connectivity index (χ1n) is 9.79. The molecule has 2 aromatic heterocycles. The van der Waals surface area contributed by atoms with Crippen LogP contribution in [0.3, 0.4) is 0 Å². The summed E-state index contributed by atoms with van der Waals surface area (Å²) in [6.45, 7) is 1.74. The molecule has 31 heavy (non-hydrogen) atoms. The lowest BCUT2D eigenvalue weighted by molar-refractivity contribution is 0.0971. The Labute approximate surface area is 176 Å². The van der Waals surface area contributed by atoms with Crippen molar-refractivity contribution in [1.82, 2.24) is 19.2 Å². The van der Waals surface area contributed by atoms with Gasteiger partial charge in [0, 0.05) is 23.4 Å². The van der Waals surface area contributed by atoms with Gasteiger partial charge < -0.3 is 9.47 Å². The van der Waals surface area contributed by atoms with Crippen LogP contribution in [0.2, 0.25) is 0 Å². The van der Waals surface area contributed by atoms with Crippen LogP contribution >= 0.6 is 0 Å². The van der Waals surface area contributed by atoms with Crippen molar-refractivity contribution in [2.24, 2.45) is 0 Å². The minimum Gasteiger partial charge on any atom is -0.493 e. The van der Waals surface area contributed by atoms with Gasteiger partial charge in [0.15, 0.2) is 28.8 Å². The van der Waals surface area contributed by atoms with Crippen LogP contribution in [0, 0.1) is 5.82 Å². The maximum atomic E-state index is 13.3. The zero-order valence-electron chi connectivity index (χ0n) is 17.4. The van der Waals surface area contributed by atoms with E-state index >= 15 is 0 Å². The number of fused-ring (bicyclic) bond motifs is 3. The molecule has 0 spiro atoms. The summed E-state index contributed by atoms with van der Waals surface area (Å²) in [6, 6.07) is 8.55. The number of ketones is 1. The van der Waals surface area contributed by atoms with E-state index in [0.29, 0.717) is 45.9 Å². The molecule has 0 radical (unpaired) electrons. The lowest BCUT2D eigenvalue weighted by Crippen LogP contribution is -2.30. The van der Waals surface area contributed by atoms with Gasteiger partial charge in [0.25, 0.3) is 0 Å². The van der Waals surface area contributed by atoms with Crippen LogP contribution in [0.4, 0.5) is 4.39 Å². The summed E-state index contributed by atoms with van der Waals surface area (Å²) in [5.41, 5.74) is 0.642. The zero-order chi connectivity index (χ0) is 22.1. The number of methoxy groups -OCH3 is 2. The van der Waals surface area contributed by atoms with Gasteiger partial charge in [0.1, 0.15) is 5.82 Å². The second-order valence-electron chi connectivity index (χ2n) is 7.04. The fourth-order valence-electron chi connectivity index (χ4n) is 3.50. The SMILES string of the molecule is CCCc1nc2c3cc(OC)c(OC)cc3n(CC(=O)c3ccc(F)cc3)c(=O)n2n1. The summed E-state index contributed by atoms with van der Waals surface area (Å²) >= 11 is 0. The van der Waals surface area contributed by atoms with Crippen LogP contribution in [-0.4, -0.2) is 39.2 Å². The summed E-state index contributed by atoms with van der Waals surface area (Å²) in [6.07, 6.45) is 1.44. The molecule has 2 heterocycles. The highest BCUT2D eigenvalue weighted by Crippen LogP contribution is 2.33. The van der Waals surface area contributed by atoms with Gasteiger partial charge in [-0.25, -0.2) is 14.2 Å². The average molecular weight is 424 g/mol. The van der Waals surface area contributed by atoms with Crippen LogP contribution in [0.5, 0.6) is 11.5 Å². The molecule has 0 saturated heterocycles. The third-order valence-electron chi connectivity index (χ3n) is 5.04. The molecule has 0 atom stereocenters. The number of hydrogen-bond acceptors (Lipinski definition) is 6. The minimum atomic E-state index is -0.500. The number of carbonyl (C=O) groups is 1. The van der Waals surface area contributed by atoms with Crippen molar-refractivity contribution in [3.05, 3.63) is 64.1 Å². The molecule has 8 nitrogen and oxygen atoms in total. The van der Waals surface area contributed by atoms with Crippen LogP contribution in [0.1, 0.15) is 29.5 Å². The largest absolute Gasteiger partial charge is 0.493 e. The monoisotopic (exact) mass is 424 g/mol. The molecule has 0 saturated carbocycles. The fraction of sp³-hybridized carbons (Fsp3) is 0.273. The molecule has 0 bridgehead atoms. The van der Waals surface area contributed by atoms with E-state index in [2.05, 4.69) is 10.1 Å². The summed E-state index contributed by atoms with van der Waals surface area (Å²) in [5, 5.41) is 4.94. The van der Waals surface area contributed by atoms with E-state index in [9.17, 15) is 14.0 Å². The van der Waals surface area contributed by atoms with Gasteiger partial charge >= 0.3 is 5.69 Å². The number of Topliss-reactive ketones (excluding diaryl/α,β-unsaturated/α-hetero) is 1. The Morgan fingerprint density at radius 3 is 2.42 bits per heavy atom. The Kier molecular flexibility index (Phi) is 5.41. The van der Waals surface area contributed by atoms with Crippen molar-refractivity contribution in [2.45, 2.75) is 26.3 Å². The van der Waals surface area contributed by atoms with E-state index in [1.807, 2.05) is 6.92 Å². The van der Waals surface area contributed by atoms with E-state index in [1.54, 1.807) is 12.1 Å². The van der Waals surface area contributed by atoms with Crippen LogP contribution in [-0.2, 0) is 13.0 Å². The highest BCUT2D eigenvalue weighted by atomic mass is 19.1. The Bertz CT molecular complexity index is 1340. The van der Waals surface area contributed by atoms with E-state index in [4.69, 9.17) is 9.47 Å². The highest BCUT2D eigenvalue weighted by Gasteiger charge is 2.20. The van der Waals surface area contributed by atoms with E-state index in [1.165, 1.54) is 47.6 Å². The molecule has 160 valence electrons. The third kappa shape index (κ3) is 3.63. The second-order valence-corrected chi connectivity index (χ2v) is 7.04. The van der Waals surface area contributed by atoms with Gasteiger partial charge in [-0.15, -0.1) is 5.10 Å². The fourth-order valence-corrected chi connectivity index (χ4v) is 3.50. The minimum absolute atomic E-state index is 0.255. The number of aryl methyl sites for hydroxylation is 1. The Morgan fingerprint density at radius 2 is 1.77 bits per heavy atom. The molecule has 0 amide bonds. The summed E-state index contributed by atoms with van der Waals surface area (Å²) in [5.74, 6) is 0.634. The second kappa shape index (κ2) is 8.17. The quantitative estimate of drug-likeness (QED) is 0.424. The van der Waals surface area contributed by atoms with Gasteiger partial charge in [-0.3, -0.25) is 9.36 Å². The molecule has 0 N–H and O–H groups in total. The number of ether oxygens (including phenoxy) is 2. The lowest BCUT2D eigenvalue weighted by Gasteiger charge is -2.14. The molecule has 0 aliphatic carbocycles. The van der Waals surface area contributed by atoms with Crippen LogP contribution < -0.4 is 15.2 Å². The molecule has 0 fully saturated rings. The zero-order valence-corrected chi connectivity index (χ0v) is 17.4. The van der Waals surface area contributed by atoms with Gasteiger partial charge in [-0.2, -0.15) is 4.52 Å². The molecule has 0 aliphatic rings. The Balaban J connectivity index is 1.97. The van der Waals surface area contributed by atoms with Crippen molar-refractivity contribution >= 4 is 22.3 Å². The maximum absolute atomic E-state index is 13.3. The first kappa shape index (κ1) is 20.5. The standard InChI is InChI=1S/C22H21FN4O4/c1-4-5-20-24-21-15-10-18(30-2)19(31-3)11-16(15)26(22(29)27(21)25-20)12-17(28)13-6-8-14(23)9-7-13/h6-11H,4-5,12H2,1-3H3. The van der Waals surface area contributed by atoms with Gasteiger partial charge in [0.2, 0.25) is 0 Å². The average Bonchev–Trinajstić information content (AvgIpc) is 3.20. The molecular formula is C22H21FN4O4. The molecule has 0 unspecified atom stereocenters. The normalized spacial score (nSPS) is 11.2. The summed E-state index contributed by atoms with van der Waals surface area (Å²) in [7, 11) is 3.01. The molecule has 2 aromatic carbocycles. The van der Waals surface area contributed by atoms with Crippen molar-refractivity contribution < 1.29 is 18.7 Å². The van der Waals surface area contributed by atoms with Crippen molar-refractivity contribution in [1.29, 1.82) is 0 Å². The lowest BCUT2D eigenvalue weighted by atomic mass is 10.1. The van der Waals surface area contributed by atoms with Crippen LogP contribution in [0.15, 0.2) is 41.2 Å². The number of aromatic nitrogens is 4. The molecule has 9 heteroatoms. The molecule has 4 aromatic rings. The molecule has 4 rings (SSSR count). The van der Waals surface area contributed by atoms with Gasteiger partial charge in [-0.1, -0.05) is 6.92 Å². The predicted octanol–water partition coefficient (Wildman–Crippen LogP) is 3.04. The molecule has 0 aliphatic heterocycles. The van der Waals surface area contributed by atoms with E-state index < -0.39 is 11.5 Å². The number of carbonyl (C=O) groups excluding carboxylic acids is 1. The summed E-state index contributed by atoms with van der Waals surface area (Å²) < 4.78 is 26.6. The van der Waals surface area contributed by atoms with Crippen molar-refractivity contribution in [3.63, 3.8) is 0 Å². The van der Waals surface area contributed by atoms with Crippen LogP contribution in [0.25, 0.3) is 16.6 Å². The number of halogens is 1. The van der Waals surface area contributed by atoms with Crippen molar-refractivity contribution in [2.75, 3.05) is 14.2 Å². The maximum Gasteiger partial charge on any atom is 0.351 e. The number of benzene rings is 2.